The van der Waals surface area contributed by atoms with Crippen molar-refractivity contribution in [3.05, 3.63) is 29.0 Å². The van der Waals surface area contributed by atoms with Crippen LogP contribution >= 0.6 is 27.7 Å². The van der Waals surface area contributed by atoms with Crippen LogP contribution in [0.3, 0.4) is 0 Å². The number of aromatic amines is 1. The largest absolute Gasteiger partial charge is 0.399 e. The maximum absolute atomic E-state index is 5.63. The van der Waals surface area contributed by atoms with E-state index in [-0.39, 0.29) is 0 Å². The van der Waals surface area contributed by atoms with Gasteiger partial charge in [0.1, 0.15) is 6.33 Å². The molecule has 3 N–H and O–H groups in total. The summed E-state index contributed by atoms with van der Waals surface area (Å²) in [4.78, 5) is 5.07. The maximum atomic E-state index is 5.63. The molecule has 0 aliphatic rings. The number of halogens is 1. The lowest BCUT2D eigenvalue weighted by Gasteiger charge is -2.01. The summed E-state index contributed by atoms with van der Waals surface area (Å²) in [5, 5.41) is 7.31. The summed E-state index contributed by atoms with van der Waals surface area (Å²) in [6.45, 7) is 0. The first-order chi connectivity index (χ1) is 6.75. The summed E-state index contributed by atoms with van der Waals surface area (Å²) in [7, 11) is 0. The average molecular weight is 271 g/mol. The summed E-state index contributed by atoms with van der Waals surface area (Å²) in [6, 6.07) is 5.65. The van der Waals surface area contributed by atoms with Gasteiger partial charge in [-0.1, -0.05) is 0 Å². The number of rotatable bonds is 2. The molecule has 0 aliphatic heterocycles. The normalized spacial score (nSPS) is 10.4. The van der Waals surface area contributed by atoms with Gasteiger partial charge in [0.2, 0.25) is 0 Å². The van der Waals surface area contributed by atoms with Crippen molar-refractivity contribution in [3.63, 3.8) is 0 Å². The molecule has 2 rings (SSSR count). The van der Waals surface area contributed by atoms with Gasteiger partial charge in [0.25, 0.3) is 0 Å². The number of nitrogens with two attached hydrogens (primary N) is 1. The van der Waals surface area contributed by atoms with Gasteiger partial charge in [0.15, 0.2) is 5.16 Å². The number of anilines is 1. The molecule has 0 unspecified atom stereocenters. The highest BCUT2D eigenvalue weighted by Gasteiger charge is 2.04. The Hall–Kier alpha value is -1.01. The van der Waals surface area contributed by atoms with Gasteiger partial charge in [-0.15, -0.1) is 0 Å². The fourth-order valence-electron chi connectivity index (χ4n) is 0.947. The molecule has 0 saturated heterocycles. The van der Waals surface area contributed by atoms with E-state index in [1.165, 1.54) is 18.1 Å². The second-order valence-corrected chi connectivity index (χ2v) is 4.47. The molecular formula is C8H7BrN4S. The molecular weight excluding hydrogens is 264 g/mol. The molecule has 0 radical (unpaired) electrons. The summed E-state index contributed by atoms with van der Waals surface area (Å²) >= 11 is 4.93. The summed E-state index contributed by atoms with van der Waals surface area (Å²) in [6.07, 6.45) is 1.48. The van der Waals surface area contributed by atoms with Crippen LogP contribution in [0.1, 0.15) is 0 Å². The molecule has 1 aromatic carbocycles. The van der Waals surface area contributed by atoms with Gasteiger partial charge in [-0.05, 0) is 45.9 Å². The van der Waals surface area contributed by atoms with Crippen LogP contribution in [0, 0.1) is 0 Å². The van der Waals surface area contributed by atoms with Crippen LogP contribution in [-0.2, 0) is 0 Å². The standard InChI is InChI=1S/C8H7BrN4S/c9-6-3-5(10)1-2-7(6)14-8-11-4-12-13-8/h1-4H,10H2,(H,11,12,13). The molecule has 1 heterocycles. The molecule has 0 saturated carbocycles. The van der Waals surface area contributed by atoms with Crippen molar-refractivity contribution in [1.29, 1.82) is 0 Å². The van der Waals surface area contributed by atoms with Crippen molar-refractivity contribution in [2.24, 2.45) is 0 Å². The lowest BCUT2D eigenvalue weighted by Crippen LogP contribution is -1.85. The summed E-state index contributed by atoms with van der Waals surface area (Å²) in [5.41, 5.74) is 6.36. The first-order valence-corrected chi connectivity index (χ1v) is 5.45. The predicted octanol–water partition coefficient (Wildman–Crippen LogP) is 2.30. The molecule has 72 valence electrons. The van der Waals surface area contributed by atoms with Crippen LogP contribution in [0.15, 0.2) is 39.1 Å². The maximum Gasteiger partial charge on any atom is 0.188 e. The van der Waals surface area contributed by atoms with Crippen molar-refractivity contribution in [3.8, 4) is 0 Å². The Balaban J connectivity index is 2.25. The highest BCUT2D eigenvalue weighted by molar-refractivity contribution is 9.10. The van der Waals surface area contributed by atoms with Crippen molar-refractivity contribution >= 4 is 33.4 Å². The molecule has 0 bridgehead atoms. The Morgan fingerprint density at radius 2 is 2.29 bits per heavy atom. The van der Waals surface area contributed by atoms with Crippen LogP contribution in [-0.4, -0.2) is 15.2 Å². The number of benzene rings is 1. The van der Waals surface area contributed by atoms with Crippen LogP contribution in [0.5, 0.6) is 0 Å². The topological polar surface area (TPSA) is 67.6 Å². The van der Waals surface area contributed by atoms with Crippen LogP contribution < -0.4 is 5.73 Å². The van der Waals surface area contributed by atoms with E-state index >= 15 is 0 Å². The van der Waals surface area contributed by atoms with Crippen molar-refractivity contribution < 1.29 is 0 Å². The highest BCUT2D eigenvalue weighted by Crippen LogP contribution is 2.32. The van der Waals surface area contributed by atoms with Gasteiger partial charge in [-0.3, -0.25) is 5.10 Å². The van der Waals surface area contributed by atoms with E-state index in [1.807, 2.05) is 18.2 Å². The average Bonchev–Trinajstić information content (AvgIpc) is 2.62. The Bertz CT molecular complexity index is 429. The number of nitrogen functional groups attached to an aromatic ring is 1. The Labute approximate surface area is 93.4 Å². The number of nitrogens with one attached hydrogen (secondary N) is 1. The molecule has 1 aromatic heterocycles. The van der Waals surface area contributed by atoms with Crippen LogP contribution in [0.25, 0.3) is 0 Å². The molecule has 4 nitrogen and oxygen atoms in total. The fraction of sp³-hybridized carbons (Fsp3) is 0. The summed E-state index contributed by atoms with van der Waals surface area (Å²) in [5.74, 6) is 0. The fourth-order valence-corrected chi connectivity index (χ4v) is 2.29. The second-order valence-electron chi connectivity index (χ2n) is 2.58. The Morgan fingerprint density at radius 1 is 1.43 bits per heavy atom. The van der Waals surface area contributed by atoms with Crippen molar-refractivity contribution in [2.75, 3.05) is 5.73 Å². The first-order valence-electron chi connectivity index (χ1n) is 3.84. The van der Waals surface area contributed by atoms with E-state index in [0.29, 0.717) is 0 Å². The quantitative estimate of drug-likeness (QED) is 0.822. The molecule has 0 aliphatic carbocycles. The molecule has 0 spiro atoms. The SMILES string of the molecule is Nc1ccc(Sc2ncn[nH]2)c(Br)c1. The molecule has 14 heavy (non-hydrogen) atoms. The van der Waals surface area contributed by atoms with E-state index < -0.39 is 0 Å². The van der Waals surface area contributed by atoms with Crippen LogP contribution in [0.2, 0.25) is 0 Å². The minimum Gasteiger partial charge on any atom is -0.399 e. The Kier molecular flexibility index (Phi) is 2.74. The number of hydrogen-bond acceptors (Lipinski definition) is 4. The highest BCUT2D eigenvalue weighted by atomic mass is 79.9. The van der Waals surface area contributed by atoms with Gasteiger partial charge in [0, 0.05) is 15.1 Å². The third kappa shape index (κ3) is 2.08. The van der Waals surface area contributed by atoms with Crippen molar-refractivity contribution in [1.82, 2.24) is 15.2 Å². The minimum atomic E-state index is 0.735. The molecule has 0 fully saturated rings. The van der Waals surface area contributed by atoms with E-state index in [9.17, 15) is 0 Å². The van der Waals surface area contributed by atoms with E-state index in [0.717, 1.165) is 20.2 Å². The molecule has 2 aromatic rings. The van der Waals surface area contributed by atoms with E-state index in [2.05, 4.69) is 31.1 Å². The van der Waals surface area contributed by atoms with E-state index in [1.54, 1.807) is 0 Å². The third-order valence-electron chi connectivity index (χ3n) is 1.56. The minimum absolute atomic E-state index is 0.735. The number of nitrogens with zero attached hydrogens (tertiary/aromatic N) is 2. The smallest absolute Gasteiger partial charge is 0.188 e. The first kappa shape index (κ1) is 9.54. The lowest BCUT2D eigenvalue weighted by molar-refractivity contribution is 0.973. The number of aromatic nitrogens is 3. The van der Waals surface area contributed by atoms with E-state index in [4.69, 9.17) is 5.73 Å². The zero-order valence-electron chi connectivity index (χ0n) is 7.07. The zero-order valence-corrected chi connectivity index (χ0v) is 9.47. The van der Waals surface area contributed by atoms with Gasteiger partial charge in [-0.2, -0.15) is 5.10 Å². The van der Waals surface area contributed by atoms with Crippen LogP contribution in [0.4, 0.5) is 5.69 Å². The molecule has 6 heteroatoms. The van der Waals surface area contributed by atoms with Gasteiger partial charge < -0.3 is 5.73 Å². The second kappa shape index (κ2) is 4.02. The monoisotopic (exact) mass is 270 g/mol. The van der Waals surface area contributed by atoms with Crippen molar-refractivity contribution in [2.45, 2.75) is 10.1 Å². The predicted molar refractivity (Wildman–Crippen MR) is 59.1 cm³/mol. The van der Waals surface area contributed by atoms with Gasteiger partial charge in [-0.25, -0.2) is 4.98 Å². The zero-order chi connectivity index (χ0) is 9.97. The van der Waals surface area contributed by atoms with Gasteiger partial charge >= 0.3 is 0 Å². The third-order valence-corrected chi connectivity index (χ3v) is 3.44. The molecule has 0 amide bonds. The number of H-pyrrole nitrogens is 1. The molecule has 0 atom stereocenters. The Morgan fingerprint density at radius 3 is 2.93 bits per heavy atom. The summed E-state index contributed by atoms with van der Waals surface area (Å²) < 4.78 is 0.957. The lowest BCUT2D eigenvalue weighted by atomic mass is 10.3. The number of hydrogen-bond donors (Lipinski definition) is 2. The van der Waals surface area contributed by atoms with Gasteiger partial charge in [0.05, 0.1) is 0 Å².